The predicted octanol–water partition coefficient (Wildman–Crippen LogP) is 21.3. The molecular weight excluding hydrogens is 901 g/mol. The van der Waals surface area contributed by atoms with Gasteiger partial charge in [0, 0.05) is 19.3 Å². The van der Waals surface area contributed by atoms with E-state index in [1.807, 2.05) is 0 Å². The molecular formula is C67H118O6. The molecule has 0 aromatic rings. The molecule has 0 rings (SSSR count). The van der Waals surface area contributed by atoms with Gasteiger partial charge in [-0.1, -0.05) is 261 Å². The maximum Gasteiger partial charge on any atom is 0.306 e. The second kappa shape index (κ2) is 61.4. The number of rotatable bonds is 57. The molecule has 0 aromatic carbocycles. The fourth-order valence-electron chi connectivity index (χ4n) is 8.95. The molecule has 73 heavy (non-hydrogen) atoms. The van der Waals surface area contributed by atoms with Crippen LogP contribution in [0.3, 0.4) is 0 Å². The van der Waals surface area contributed by atoms with Gasteiger partial charge >= 0.3 is 17.9 Å². The lowest BCUT2D eigenvalue weighted by Gasteiger charge is -2.18. The molecule has 0 saturated heterocycles. The number of carbonyl (C=O) groups excluding carboxylic acids is 3. The Hall–Kier alpha value is -3.15. The summed E-state index contributed by atoms with van der Waals surface area (Å²) < 4.78 is 16.9. The Labute approximate surface area is 453 Å². The summed E-state index contributed by atoms with van der Waals surface area (Å²) in [6.07, 6.45) is 78.9. The molecule has 0 N–H and O–H groups in total. The van der Waals surface area contributed by atoms with Crippen LogP contribution in [0, 0.1) is 0 Å². The second-order valence-electron chi connectivity index (χ2n) is 20.9. The third-order valence-electron chi connectivity index (χ3n) is 13.7. The molecule has 6 heteroatoms. The lowest BCUT2D eigenvalue weighted by molar-refractivity contribution is -0.167. The first-order chi connectivity index (χ1) is 36.0. The van der Waals surface area contributed by atoms with Crippen LogP contribution in [0.5, 0.6) is 0 Å². The highest BCUT2D eigenvalue weighted by Crippen LogP contribution is 2.16. The van der Waals surface area contributed by atoms with Crippen molar-refractivity contribution in [1.29, 1.82) is 0 Å². The summed E-state index contributed by atoms with van der Waals surface area (Å²) in [6, 6.07) is 0. The van der Waals surface area contributed by atoms with Crippen molar-refractivity contribution in [3.8, 4) is 0 Å². The van der Waals surface area contributed by atoms with E-state index >= 15 is 0 Å². The standard InChI is InChI=1S/C67H118O6/c1-4-7-10-13-16-19-22-25-28-31-33-36-39-42-45-48-51-54-57-60-66(69)72-63-64(62-71-65(68)59-56-53-50-47-44-41-38-35-30-27-24-21-18-15-12-9-6-3)73-67(70)61-58-55-52-49-46-43-40-37-34-32-29-26-23-20-17-14-11-8-5-2/h7,10,16,18-19,21,25,27-28,30,32,34,64H,4-6,8-9,11-15,17,20,22-24,26,29,31,33,35-63H2,1-3H3/b10-7-,19-16-,21-18-,28-25-,30-27-,34-32-. The zero-order valence-electron chi connectivity index (χ0n) is 48.4. The Kier molecular flexibility index (Phi) is 58.7. The van der Waals surface area contributed by atoms with Crippen molar-refractivity contribution in [2.75, 3.05) is 13.2 Å². The van der Waals surface area contributed by atoms with Crippen LogP contribution in [0.25, 0.3) is 0 Å². The monoisotopic (exact) mass is 1020 g/mol. The topological polar surface area (TPSA) is 78.9 Å². The maximum atomic E-state index is 12.9. The first kappa shape index (κ1) is 69.8. The van der Waals surface area contributed by atoms with Crippen molar-refractivity contribution in [3.63, 3.8) is 0 Å². The third-order valence-corrected chi connectivity index (χ3v) is 13.7. The van der Waals surface area contributed by atoms with E-state index in [9.17, 15) is 14.4 Å². The quantitative estimate of drug-likeness (QED) is 0.0261. The van der Waals surface area contributed by atoms with Gasteiger partial charge in [0.05, 0.1) is 0 Å². The SMILES string of the molecule is CC/C=C\C/C=C\C/C=C\CCCCCCCCCCCC(=O)OCC(COC(=O)CCCCCCCCC/C=C\C/C=C\CCCCC)OC(=O)CCCCCCCCC/C=C\CCCCCCCCCC. The van der Waals surface area contributed by atoms with Crippen molar-refractivity contribution >= 4 is 17.9 Å². The summed E-state index contributed by atoms with van der Waals surface area (Å²) in [5.41, 5.74) is 0. The van der Waals surface area contributed by atoms with E-state index in [1.165, 1.54) is 186 Å². The zero-order chi connectivity index (χ0) is 52.9. The molecule has 0 saturated carbocycles. The number of hydrogen-bond acceptors (Lipinski definition) is 6. The van der Waals surface area contributed by atoms with E-state index in [0.29, 0.717) is 19.3 Å². The smallest absolute Gasteiger partial charge is 0.306 e. The summed E-state index contributed by atoms with van der Waals surface area (Å²) in [7, 11) is 0. The van der Waals surface area contributed by atoms with Crippen LogP contribution in [-0.2, 0) is 28.6 Å². The Morgan fingerprint density at radius 1 is 0.288 bits per heavy atom. The number of unbranched alkanes of at least 4 members (excludes halogenated alkanes) is 34. The van der Waals surface area contributed by atoms with Gasteiger partial charge < -0.3 is 14.2 Å². The molecule has 0 amide bonds. The lowest BCUT2D eigenvalue weighted by Crippen LogP contribution is -2.30. The van der Waals surface area contributed by atoms with Crippen LogP contribution >= 0.6 is 0 Å². The highest BCUT2D eigenvalue weighted by Gasteiger charge is 2.19. The summed E-state index contributed by atoms with van der Waals surface area (Å²) in [4.78, 5) is 38.3. The Bertz CT molecular complexity index is 1360. The van der Waals surface area contributed by atoms with E-state index in [-0.39, 0.29) is 31.1 Å². The number of carbonyl (C=O) groups is 3. The van der Waals surface area contributed by atoms with Gasteiger partial charge in [-0.2, -0.15) is 0 Å². The van der Waals surface area contributed by atoms with Crippen LogP contribution in [0.4, 0.5) is 0 Å². The molecule has 0 heterocycles. The normalized spacial score (nSPS) is 12.5. The average molecular weight is 1020 g/mol. The lowest BCUT2D eigenvalue weighted by atomic mass is 10.1. The van der Waals surface area contributed by atoms with E-state index in [1.54, 1.807) is 0 Å². The highest BCUT2D eigenvalue weighted by molar-refractivity contribution is 5.71. The fourth-order valence-corrected chi connectivity index (χ4v) is 8.95. The molecule has 422 valence electrons. The van der Waals surface area contributed by atoms with Gasteiger partial charge in [0.1, 0.15) is 13.2 Å². The van der Waals surface area contributed by atoms with Gasteiger partial charge in [-0.15, -0.1) is 0 Å². The summed E-state index contributed by atoms with van der Waals surface area (Å²) >= 11 is 0. The highest BCUT2D eigenvalue weighted by atomic mass is 16.6. The fraction of sp³-hybridized carbons (Fsp3) is 0.776. The van der Waals surface area contributed by atoms with Gasteiger partial charge in [-0.25, -0.2) is 0 Å². The van der Waals surface area contributed by atoms with Crippen molar-refractivity contribution in [3.05, 3.63) is 72.9 Å². The largest absolute Gasteiger partial charge is 0.462 e. The average Bonchev–Trinajstić information content (AvgIpc) is 3.39. The van der Waals surface area contributed by atoms with Crippen LogP contribution < -0.4 is 0 Å². The molecule has 0 spiro atoms. The Balaban J connectivity index is 4.39. The number of allylic oxidation sites excluding steroid dienone is 12. The molecule has 0 aliphatic carbocycles. The van der Waals surface area contributed by atoms with E-state index in [2.05, 4.69) is 93.7 Å². The van der Waals surface area contributed by atoms with Crippen molar-refractivity contribution in [2.24, 2.45) is 0 Å². The minimum Gasteiger partial charge on any atom is -0.462 e. The molecule has 1 unspecified atom stereocenters. The maximum absolute atomic E-state index is 12.9. The molecule has 6 nitrogen and oxygen atoms in total. The molecule has 0 fully saturated rings. The van der Waals surface area contributed by atoms with Crippen LogP contribution in [0.2, 0.25) is 0 Å². The van der Waals surface area contributed by atoms with Gasteiger partial charge in [0.15, 0.2) is 6.10 Å². The summed E-state index contributed by atoms with van der Waals surface area (Å²) in [5.74, 6) is -0.885. The number of ether oxygens (including phenoxy) is 3. The molecule has 1 atom stereocenters. The minimum atomic E-state index is -0.784. The Morgan fingerprint density at radius 2 is 0.534 bits per heavy atom. The summed E-state index contributed by atoms with van der Waals surface area (Å²) in [5, 5.41) is 0. The van der Waals surface area contributed by atoms with E-state index < -0.39 is 6.10 Å². The zero-order valence-corrected chi connectivity index (χ0v) is 48.4. The molecule has 0 radical (unpaired) electrons. The van der Waals surface area contributed by atoms with Crippen LogP contribution in [0.1, 0.15) is 316 Å². The van der Waals surface area contributed by atoms with Crippen LogP contribution in [-0.4, -0.2) is 37.2 Å². The molecule has 0 aliphatic rings. The van der Waals surface area contributed by atoms with Gasteiger partial charge in [0.2, 0.25) is 0 Å². The predicted molar refractivity (Wildman–Crippen MR) is 316 cm³/mol. The molecule has 0 aromatic heterocycles. The molecule has 0 aliphatic heterocycles. The van der Waals surface area contributed by atoms with Crippen molar-refractivity contribution in [1.82, 2.24) is 0 Å². The molecule has 0 bridgehead atoms. The van der Waals surface area contributed by atoms with Gasteiger partial charge in [0.25, 0.3) is 0 Å². The van der Waals surface area contributed by atoms with E-state index in [0.717, 1.165) is 89.9 Å². The minimum absolute atomic E-state index is 0.0814. The van der Waals surface area contributed by atoms with Crippen molar-refractivity contribution in [2.45, 2.75) is 322 Å². The van der Waals surface area contributed by atoms with E-state index in [4.69, 9.17) is 14.2 Å². The third kappa shape index (κ3) is 59.6. The van der Waals surface area contributed by atoms with Crippen LogP contribution in [0.15, 0.2) is 72.9 Å². The summed E-state index contributed by atoms with van der Waals surface area (Å²) in [6.45, 7) is 6.53. The first-order valence-corrected chi connectivity index (χ1v) is 31.4. The number of esters is 3. The Morgan fingerprint density at radius 3 is 0.877 bits per heavy atom. The first-order valence-electron chi connectivity index (χ1n) is 31.4. The van der Waals surface area contributed by atoms with Gasteiger partial charge in [-0.05, 0) is 109 Å². The van der Waals surface area contributed by atoms with Crippen molar-refractivity contribution < 1.29 is 28.6 Å². The van der Waals surface area contributed by atoms with Gasteiger partial charge in [-0.3, -0.25) is 14.4 Å². The second-order valence-corrected chi connectivity index (χ2v) is 20.9. The number of hydrogen-bond donors (Lipinski definition) is 0.